The molecule has 2 nitrogen and oxygen atoms in total. The molecule has 0 amide bonds. The van der Waals surface area contributed by atoms with Gasteiger partial charge in [0.05, 0.1) is 11.3 Å². The topological polar surface area (TPSA) is 27.0 Å². The van der Waals surface area contributed by atoms with E-state index in [1.54, 1.807) is 0 Å². The van der Waals surface area contributed by atoms with Gasteiger partial charge in [-0.25, -0.2) is 0 Å². The molecule has 1 saturated heterocycles. The lowest BCUT2D eigenvalue weighted by atomic mass is 9.87. The van der Waals surface area contributed by atoms with E-state index in [4.69, 9.17) is 0 Å². The number of nitriles is 1. The minimum absolute atomic E-state index is 0.824. The Labute approximate surface area is 199 Å². The van der Waals surface area contributed by atoms with Crippen molar-refractivity contribution >= 4 is 27.2 Å². The third kappa shape index (κ3) is 2.68. The van der Waals surface area contributed by atoms with E-state index in [9.17, 15) is 5.26 Å². The Kier molecular flexibility index (Phi) is 4.26. The first-order valence-corrected chi connectivity index (χ1v) is 12.2. The molecule has 0 atom stereocenters. The van der Waals surface area contributed by atoms with Gasteiger partial charge >= 0.3 is 0 Å². The van der Waals surface area contributed by atoms with Gasteiger partial charge in [0, 0.05) is 18.7 Å². The van der Waals surface area contributed by atoms with Crippen LogP contribution in [0.5, 0.6) is 0 Å². The van der Waals surface area contributed by atoms with Crippen LogP contribution in [0.25, 0.3) is 54.9 Å². The molecule has 1 aliphatic heterocycles. The molecule has 34 heavy (non-hydrogen) atoms. The molecule has 1 fully saturated rings. The molecule has 0 aromatic heterocycles. The number of rotatable bonds is 2. The largest absolute Gasteiger partial charge is 0.370 e. The van der Waals surface area contributed by atoms with Crippen molar-refractivity contribution in [2.24, 2.45) is 0 Å². The molecule has 0 bridgehead atoms. The van der Waals surface area contributed by atoms with Crippen molar-refractivity contribution in [3.63, 3.8) is 0 Å². The van der Waals surface area contributed by atoms with Gasteiger partial charge in [-0.2, -0.15) is 5.26 Å². The van der Waals surface area contributed by atoms with Gasteiger partial charge in [0.25, 0.3) is 0 Å². The summed E-state index contributed by atoms with van der Waals surface area (Å²) in [5.41, 5.74) is 9.14. The number of anilines is 1. The van der Waals surface area contributed by atoms with Crippen LogP contribution in [0.4, 0.5) is 5.69 Å². The minimum atomic E-state index is 0.824. The Morgan fingerprint density at radius 3 is 2.03 bits per heavy atom. The standard InChI is InChI=1S/C32H24N2/c33-20-28-29(34-17-4-1-5-18-34)19-27(24-14-6-10-21-9-2-3-13-23(21)24)31-25-15-7-11-22-12-8-16-26(30(22)25)32(28)31/h2-3,6-16,19H,1,4-5,17-18H2. The zero-order valence-corrected chi connectivity index (χ0v) is 19.0. The molecule has 0 N–H and O–H groups in total. The SMILES string of the molecule is N#Cc1c(N2CCCCC2)cc(-c2cccc3ccccc23)c2c1-c1cccc3cccc-2c13. The van der Waals surface area contributed by atoms with Gasteiger partial charge in [-0.1, -0.05) is 78.9 Å². The Balaban J connectivity index is 1.64. The first-order chi connectivity index (χ1) is 16.8. The maximum Gasteiger partial charge on any atom is 0.102 e. The fourth-order valence-corrected chi connectivity index (χ4v) is 6.15. The average molecular weight is 437 g/mol. The molecule has 0 spiro atoms. The number of hydrogen-bond acceptors (Lipinski definition) is 2. The second kappa shape index (κ2) is 7.47. The molecule has 5 aromatic rings. The van der Waals surface area contributed by atoms with E-state index >= 15 is 0 Å². The summed E-state index contributed by atoms with van der Waals surface area (Å²) in [6, 6.07) is 33.2. The van der Waals surface area contributed by atoms with Crippen LogP contribution >= 0.6 is 0 Å². The van der Waals surface area contributed by atoms with Crippen LogP contribution in [0.3, 0.4) is 0 Å². The molecular weight excluding hydrogens is 412 g/mol. The second-order valence-electron chi connectivity index (χ2n) is 9.46. The molecule has 0 saturated carbocycles. The summed E-state index contributed by atoms with van der Waals surface area (Å²) in [5.74, 6) is 0. The Morgan fingerprint density at radius 2 is 1.26 bits per heavy atom. The summed E-state index contributed by atoms with van der Waals surface area (Å²) < 4.78 is 0. The molecule has 2 heteroatoms. The van der Waals surface area contributed by atoms with E-state index < -0.39 is 0 Å². The smallest absolute Gasteiger partial charge is 0.102 e. The van der Waals surface area contributed by atoms with Crippen molar-refractivity contribution < 1.29 is 0 Å². The van der Waals surface area contributed by atoms with Crippen molar-refractivity contribution in [1.29, 1.82) is 5.26 Å². The van der Waals surface area contributed by atoms with Gasteiger partial charge in [-0.15, -0.1) is 0 Å². The maximum absolute atomic E-state index is 10.5. The lowest BCUT2D eigenvalue weighted by Gasteiger charge is -2.31. The summed E-state index contributed by atoms with van der Waals surface area (Å²) >= 11 is 0. The number of nitrogens with zero attached hydrogens (tertiary/aromatic N) is 2. The highest BCUT2D eigenvalue weighted by atomic mass is 15.1. The van der Waals surface area contributed by atoms with Crippen LogP contribution in [0, 0.1) is 11.3 Å². The Bertz CT molecular complexity index is 1640. The monoisotopic (exact) mass is 436 g/mol. The van der Waals surface area contributed by atoms with Crippen LogP contribution in [-0.4, -0.2) is 13.1 Å². The van der Waals surface area contributed by atoms with Gasteiger partial charge in [-0.05, 0) is 74.7 Å². The molecule has 7 rings (SSSR count). The maximum atomic E-state index is 10.5. The molecule has 5 aromatic carbocycles. The van der Waals surface area contributed by atoms with Crippen LogP contribution < -0.4 is 4.90 Å². The van der Waals surface area contributed by atoms with E-state index in [1.165, 1.54) is 68.6 Å². The molecule has 1 heterocycles. The van der Waals surface area contributed by atoms with Crippen molar-refractivity contribution in [3.05, 3.63) is 90.5 Å². The Hall–Kier alpha value is -4.09. The quantitative estimate of drug-likeness (QED) is 0.274. The molecular formula is C32H24N2. The van der Waals surface area contributed by atoms with Gasteiger partial charge in [0.1, 0.15) is 6.07 Å². The van der Waals surface area contributed by atoms with Crippen LogP contribution in [0.15, 0.2) is 84.9 Å². The normalized spacial score (nSPS) is 14.4. The highest BCUT2D eigenvalue weighted by Gasteiger charge is 2.31. The van der Waals surface area contributed by atoms with E-state index in [1.807, 2.05) is 0 Å². The van der Waals surface area contributed by atoms with E-state index in [2.05, 4.69) is 95.9 Å². The summed E-state index contributed by atoms with van der Waals surface area (Å²) in [6.45, 7) is 2.03. The van der Waals surface area contributed by atoms with Gasteiger partial charge in [0.2, 0.25) is 0 Å². The number of benzene rings is 5. The van der Waals surface area contributed by atoms with Crippen molar-refractivity contribution in [2.75, 3.05) is 18.0 Å². The molecule has 1 aliphatic carbocycles. The minimum Gasteiger partial charge on any atom is -0.370 e. The van der Waals surface area contributed by atoms with Gasteiger partial charge in [-0.3, -0.25) is 0 Å². The average Bonchev–Trinajstić information content (AvgIpc) is 3.24. The van der Waals surface area contributed by atoms with Gasteiger partial charge in [0.15, 0.2) is 0 Å². The first-order valence-electron chi connectivity index (χ1n) is 12.2. The first kappa shape index (κ1) is 19.4. The van der Waals surface area contributed by atoms with Gasteiger partial charge < -0.3 is 4.90 Å². The summed E-state index contributed by atoms with van der Waals surface area (Å²) in [7, 11) is 0. The summed E-state index contributed by atoms with van der Waals surface area (Å²) in [6.07, 6.45) is 3.63. The highest BCUT2D eigenvalue weighted by Crippen LogP contribution is 2.55. The predicted molar refractivity (Wildman–Crippen MR) is 142 cm³/mol. The number of hydrogen-bond donors (Lipinski definition) is 0. The highest BCUT2D eigenvalue weighted by molar-refractivity contribution is 6.21. The predicted octanol–water partition coefficient (Wildman–Crippen LogP) is 8.17. The lowest BCUT2D eigenvalue weighted by Crippen LogP contribution is -2.30. The fourth-order valence-electron chi connectivity index (χ4n) is 6.15. The number of piperidine rings is 1. The fraction of sp³-hybridized carbons (Fsp3) is 0.156. The third-order valence-electron chi connectivity index (χ3n) is 7.64. The summed E-state index contributed by atoms with van der Waals surface area (Å²) in [5, 5.41) is 15.5. The van der Waals surface area contributed by atoms with Crippen molar-refractivity contribution in [1.82, 2.24) is 0 Å². The van der Waals surface area contributed by atoms with Crippen molar-refractivity contribution in [2.45, 2.75) is 19.3 Å². The van der Waals surface area contributed by atoms with E-state index in [0.29, 0.717) is 0 Å². The van der Waals surface area contributed by atoms with E-state index in [-0.39, 0.29) is 0 Å². The molecule has 0 unspecified atom stereocenters. The van der Waals surface area contributed by atoms with Crippen molar-refractivity contribution in [3.8, 4) is 39.4 Å². The van der Waals surface area contributed by atoms with Crippen LogP contribution in [0.1, 0.15) is 24.8 Å². The summed E-state index contributed by atoms with van der Waals surface area (Å²) in [4.78, 5) is 2.44. The molecule has 0 radical (unpaired) electrons. The number of fused-ring (bicyclic) bond motifs is 4. The zero-order chi connectivity index (χ0) is 22.6. The third-order valence-corrected chi connectivity index (χ3v) is 7.64. The molecule has 2 aliphatic rings. The zero-order valence-electron chi connectivity index (χ0n) is 19.0. The van der Waals surface area contributed by atoms with E-state index in [0.717, 1.165) is 29.9 Å². The Morgan fingerprint density at radius 1 is 0.618 bits per heavy atom. The lowest BCUT2D eigenvalue weighted by molar-refractivity contribution is 0.577. The second-order valence-corrected chi connectivity index (χ2v) is 9.46. The molecule has 162 valence electrons. The van der Waals surface area contributed by atoms with Crippen LogP contribution in [0.2, 0.25) is 0 Å². The van der Waals surface area contributed by atoms with Crippen LogP contribution in [-0.2, 0) is 0 Å².